The first kappa shape index (κ1) is 16.9. The van der Waals surface area contributed by atoms with Crippen LogP contribution >= 0.6 is 11.8 Å². The molecule has 1 fully saturated rings. The summed E-state index contributed by atoms with van der Waals surface area (Å²) in [5.41, 5.74) is 5.52. The van der Waals surface area contributed by atoms with Crippen molar-refractivity contribution in [1.29, 1.82) is 0 Å². The zero-order chi connectivity index (χ0) is 17.1. The summed E-state index contributed by atoms with van der Waals surface area (Å²) in [6.45, 7) is 4.57. The number of rotatable bonds is 5. The highest BCUT2D eigenvalue weighted by Gasteiger charge is 2.24. The summed E-state index contributed by atoms with van der Waals surface area (Å²) in [6, 6.07) is 12.5. The second-order valence-electron chi connectivity index (χ2n) is 6.37. The van der Waals surface area contributed by atoms with Crippen molar-refractivity contribution in [3.63, 3.8) is 0 Å². The van der Waals surface area contributed by atoms with E-state index in [1.165, 1.54) is 35.7 Å². The molecule has 0 aromatic heterocycles. The molecule has 0 bridgehead atoms. The Morgan fingerprint density at radius 1 is 1.21 bits per heavy atom. The van der Waals surface area contributed by atoms with Crippen LogP contribution in [0.1, 0.15) is 41.0 Å². The molecular weight excluding hydrogens is 318 g/mol. The van der Waals surface area contributed by atoms with Gasteiger partial charge in [0.15, 0.2) is 0 Å². The normalized spacial score (nSPS) is 13.6. The van der Waals surface area contributed by atoms with Gasteiger partial charge in [-0.1, -0.05) is 41.6 Å². The smallest absolute Gasteiger partial charge is 0.283 e. The van der Waals surface area contributed by atoms with Gasteiger partial charge in [-0.25, -0.2) is 0 Å². The number of amides is 1. The lowest BCUT2D eigenvalue weighted by Gasteiger charge is -2.15. The summed E-state index contributed by atoms with van der Waals surface area (Å²) in [4.78, 5) is 11.8. The minimum Gasteiger partial charge on any atom is -0.489 e. The van der Waals surface area contributed by atoms with Gasteiger partial charge < -0.3 is 10.1 Å². The van der Waals surface area contributed by atoms with Gasteiger partial charge in [-0.3, -0.25) is 4.79 Å². The van der Waals surface area contributed by atoms with E-state index < -0.39 is 0 Å². The number of carbonyl (C=O) groups excluding carboxylic acids is 1. The average Bonchev–Trinajstić information content (AvgIpc) is 3.39. The lowest BCUT2D eigenvalue weighted by molar-refractivity contribution is 0.269. The molecule has 0 spiro atoms. The van der Waals surface area contributed by atoms with E-state index in [1.54, 1.807) is 6.26 Å². The highest BCUT2D eigenvalue weighted by molar-refractivity contribution is 8.13. The number of carbonyl (C=O) groups is 1. The quantitative estimate of drug-likeness (QED) is 0.763. The highest BCUT2D eigenvalue weighted by Crippen LogP contribution is 2.41. The minimum absolute atomic E-state index is 0.0456. The number of thioether (sulfide) groups is 1. The van der Waals surface area contributed by atoms with Crippen LogP contribution < -0.4 is 10.1 Å². The van der Waals surface area contributed by atoms with Crippen LogP contribution in [0.5, 0.6) is 5.75 Å². The fraction of sp³-hybridized carbons (Fsp3) is 0.350. The number of ether oxygens (including phenoxy) is 1. The summed E-state index contributed by atoms with van der Waals surface area (Å²) in [5, 5.41) is 2.94. The average molecular weight is 341 g/mol. The van der Waals surface area contributed by atoms with Crippen LogP contribution in [0.2, 0.25) is 0 Å². The third-order valence-corrected chi connectivity index (χ3v) is 4.79. The van der Waals surface area contributed by atoms with Crippen molar-refractivity contribution in [3.05, 3.63) is 58.7 Å². The van der Waals surface area contributed by atoms with Crippen molar-refractivity contribution in [1.82, 2.24) is 0 Å². The number of aryl methyl sites for hydroxylation is 2. The Kier molecular flexibility index (Phi) is 5.14. The molecule has 2 aromatic rings. The molecule has 0 aliphatic heterocycles. The van der Waals surface area contributed by atoms with Gasteiger partial charge in [0.1, 0.15) is 12.4 Å². The zero-order valence-corrected chi connectivity index (χ0v) is 15.2. The number of anilines is 1. The Labute approximate surface area is 147 Å². The lowest BCUT2D eigenvalue weighted by atomic mass is 10.1. The lowest BCUT2D eigenvalue weighted by Crippen LogP contribution is -2.09. The second-order valence-corrected chi connectivity index (χ2v) is 7.14. The van der Waals surface area contributed by atoms with Gasteiger partial charge in [0.25, 0.3) is 5.24 Å². The Morgan fingerprint density at radius 2 is 2.00 bits per heavy atom. The molecule has 3 rings (SSSR count). The van der Waals surface area contributed by atoms with Gasteiger partial charge in [0.2, 0.25) is 0 Å². The highest BCUT2D eigenvalue weighted by atomic mass is 32.2. The van der Waals surface area contributed by atoms with Crippen molar-refractivity contribution in [2.24, 2.45) is 0 Å². The van der Waals surface area contributed by atoms with Crippen LogP contribution in [0, 0.1) is 13.8 Å². The molecule has 1 amide bonds. The second kappa shape index (κ2) is 7.31. The molecule has 0 saturated heterocycles. The number of hydrogen-bond acceptors (Lipinski definition) is 3. The minimum atomic E-state index is -0.0456. The van der Waals surface area contributed by atoms with Crippen LogP contribution in [-0.2, 0) is 6.61 Å². The first-order valence-corrected chi connectivity index (χ1v) is 9.47. The van der Waals surface area contributed by atoms with Gasteiger partial charge in [-0.2, -0.15) is 0 Å². The van der Waals surface area contributed by atoms with Crippen LogP contribution in [0.15, 0.2) is 36.4 Å². The van der Waals surface area contributed by atoms with Crippen molar-refractivity contribution >= 4 is 22.7 Å². The predicted molar refractivity (Wildman–Crippen MR) is 101 cm³/mol. The molecule has 1 aliphatic carbocycles. The standard InChI is InChI=1S/C20H23NO2S/c1-13-4-9-19(14(2)10-13)23-12-17-8-7-16(15-5-6-15)11-18(17)21-20(22)24-3/h4,7-11,15H,5-6,12H2,1-3H3,(H,21,22). The molecule has 0 atom stereocenters. The van der Waals surface area contributed by atoms with E-state index >= 15 is 0 Å². The van der Waals surface area contributed by atoms with Gasteiger partial charge in [0, 0.05) is 11.3 Å². The van der Waals surface area contributed by atoms with Gasteiger partial charge in [-0.15, -0.1) is 0 Å². The third kappa shape index (κ3) is 4.12. The fourth-order valence-electron chi connectivity index (χ4n) is 2.78. The van der Waals surface area contributed by atoms with Crippen molar-refractivity contribution in [2.75, 3.05) is 11.6 Å². The number of hydrogen-bond donors (Lipinski definition) is 1. The summed E-state index contributed by atoms with van der Waals surface area (Å²) >= 11 is 1.19. The molecule has 0 radical (unpaired) electrons. The Morgan fingerprint density at radius 3 is 2.67 bits per heavy atom. The summed E-state index contributed by atoms with van der Waals surface area (Å²) in [7, 11) is 0. The first-order chi connectivity index (χ1) is 11.6. The van der Waals surface area contributed by atoms with Crippen LogP contribution in [0.4, 0.5) is 10.5 Å². The maximum Gasteiger partial charge on any atom is 0.283 e. The topological polar surface area (TPSA) is 38.3 Å². The van der Waals surface area contributed by atoms with Gasteiger partial charge >= 0.3 is 0 Å². The molecule has 126 valence electrons. The molecular formula is C20H23NO2S. The number of nitrogens with one attached hydrogen (secondary N) is 1. The first-order valence-electron chi connectivity index (χ1n) is 8.24. The molecule has 4 heteroatoms. The van der Waals surface area contributed by atoms with Gasteiger partial charge in [0.05, 0.1) is 0 Å². The molecule has 2 aromatic carbocycles. The maximum atomic E-state index is 11.8. The summed E-state index contributed by atoms with van der Waals surface area (Å²) in [6.07, 6.45) is 4.27. The third-order valence-electron chi connectivity index (χ3n) is 4.32. The van der Waals surface area contributed by atoms with E-state index in [1.807, 2.05) is 6.07 Å². The Balaban J connectivity index is 1.79. The van der Waals surface area contributed by atoms with Crippen molar-refractivity contribution < 1.29 is 9.53 Å². The van der Waals surface area contributed by atoms with Crippen LogP contribution in [-0.4, -0.2) is 11.5 Å². The van der Waals surface area contributed by atoms with E-state index in [-0.39, 0.29) is 5.24 Å². The van der Waals surface area contributed by atoms with Crippen LogP contribution in [0.25, 0.3) is 0 Å². The van der Waals surface area contributed by atoms with E-state index in [0.717, 1.165) is 22.6 Å². The summed E-state index contributed by atoms with van der Waals surface area (Å²) in [5.74, 6) is 1.54. The van der Waals surface area contributed by atoms with E-state index in [9.17, 15) is 4.79 Å². The van der Waals surface area contributed by atoms with E-state index in [4.69, 9.17) is 4.74 Å². The SMILES string of the molecule is CSC(=O)Nc1cc(C2CC2)ccc1COc1ccc(C)cc1C. The molecule has 1 saturated carbocycles. The largest absolute Gasteiger partial charge is 0.489 e. The fourth-order valence-corrected chi connectivity index (χ4v) is 3.00. The van der Waals surface area contributed by atoms with E-state index in [0.29, 0.717) is 12.5 Å². The Bertz CT molecular complexity index is 753. The zero-order valence-electron chi connectivity index (χ0n) is 14.4. The predicted octanol–water partition coefficient (Wildman–Crippen LogP) is 5.65. The molecule has 3 nitrogen and oxygen atoms in total. The molecule has 0 heterocycles. The molecule has 0 unspecified atom stereocenters. The van der Waals surface area contributed by atoms with Crippen molar-refractivity contribution in [2.45, 2.75) is 39.2 Å². The van der Waals surface area contributed by atoms with Crippen LogP contribution in [0.3, 0.4) is 0 Å². The maximum absolute atomic E-state index is 11.8. The van der Waals surface area contributed by atoms with E-state index in [2.05, 4.69) is 49.5 Å². The molecule has 1 aliphatic rings. The molecule has 1 N–H and O–H groups in total. The van der Waals surface area contributed by atoms with Crippen molar-refractivity contribution in [3.8, 4) is 5.75 Å². The number of benzene rings is 2. The summed E-state index contributed by atoms with van der Waals surface area (Å²) < 4.78 is 5.99. The Hall–Kier alpha value is -1.94. The monoisotopic (exact) mass is 341 g/mol. The van der Waals surface area contributed by atoms with Gasteiger partial charge in [-0.05, 0) is 62.1 Å². The molecule has 24 heavy (non-hydrogen) atoms.